The number of methoxy groups -OCH3 is 1. The SMILES string of the molecule is COc1ccc(C)cc1NC(=O)c1ccnc2cc(C)nn12. The highest BCUT2D eigenvalue weighted by Crippen LogP contribution is 2.25. The van der Waals surface area contributed by atoms with Gasteiger partial charge in [0.15, 0.2) is 5.65 Å². The Bertz CT molecular complexity index is 854. The summed E-state index contributed by atoms with van der Waals surface area (Å²) in [6, 6.07) is 9.08. The van der Waals surface area contributed by atoms with E-state index < -0.39 is 0 Å². The van der Waals surface area contributed by atoms with Crippen molar-refractivity contribution >= 4 is 17.2 Å². The van der Waals surface area contributed by atoms with Gasteiger partial charge >= 0.3 is 0 Å². The van der Waals surface area contributed by atoms with Crippen molar-refractivity contribution in [2.24, 2.45) is 0 Å². The molecule has 6 nitrogen and oxygen atoms in total. The number of rotatable bonds is 3. The first kappa shape index (κ1) is 14.1. The Hall–Kier alpha value is -2.89. The van der Waals surface area contributed by atoms with Crippen LogP contribution >= 0.6 is 0 Å². The topological polar surface area (TPSA) is 68.5 Å². The smallest absolute Gasteiger partial charge is 0.274 e. The molecule has 2 heterocycles. The number of anilines is 1. The average Bonchev–Trinajstić information content (AvgIpc) is 2.87. The summed E-state index contributed by atoms with van der Waals surface area (Å²) >= 11 is 0. The molecule has 3 rings (SSSR count). The third-order valence-corrected chi connectivity index (χ3v) is 3.32. The monoisotopic (exact) mass is 296 g/mol. The number of benzene rings is 1. The van der Waals surface area contributed by atoms with Gasteiger partial charge in [-0.25, -0.2) is 9.50 Å². The van der Waals surface area contributed by atoms with E-state index in [9.17, 15) is 4.79 Å². The number of nitrogens with zero attached hydrogens (tertiary/aromatic N) is 3. The molecule has 1 aromatic carbocycles. The lowest BCUT2D eigenvalue weighted by Crippen LogP contribution is -2.17. The van der Waals surface area contributed by atoms with Crippen LogP contribution in [0.2, 0.25) is 0 Å². The Morgan fingerprint density at radius 2 is 2.05 bits per heavy atom. The molecule has 1 N–H and O–H groups in total. The van der Waals surface area contributed by atoms with Crippen molar-refractivity contribution in [1.29, 1.82) is 0 Å². The Morgan fingerprint density at radius 3 is 2.82 bits per heavy atom. The number of nitrogens with one attached hydrogen (secondary N) is 1. The van der Waals surface area contributed by atoms with Crippen molar-refractivity contribution in [3.05, 3.63) is 53.5 Å². The van der Waals surface area contributed by atoms with E-state index >= 15 is 0 Å². The molecule has 0 saturated heterocycles. The van der Waals surface area contributed by atoms with Crippen LogP contribution in [-0.2, 0) is 0 Å². The maximum Gasteiger partial charge on any atom is 0.274 e. The minimum atomic E-state index is -0.264. The van der Waals surface area contributed by atoms with Crippen LogP contribution in [0.4, 0.5) is 5.69 Å². The molecule has 1 amide bonds. The lowest BCUT2D eigenvalue weighted by atomic mass is 10.2. The standard InChI is InChI=1S/C16H16N4O2/c1-10-4-5-14(22-3)12(8-10)18-16(21)13-6-7-17-15-9-11(2)19-20(13)15/h4-9H,1-3H3,(H,18,21). The summed E-state index contributed by atoms with van der Waals surface area (Å²) in [5.41, 5.74) is 3.52. The number of carbonyl (C=O) groups is 1. The molecule has 6 heteroatoms. The van der Waals surface area contributed by atoms with E-state index in [0.29, 0.717) is 22.8 Å². The summed E-state index contributed by atoms with van der Waals surface area (Å²) < 4.78 is 6.81. The molecular formula is C16H16N4O2. The third-order valence-electron chi connectivity index (χ3n) is 3.32. The van der Waals surface area contributed by atoms with E-state index in [2.05, 4.69) is 15.4 Å². The van der Waals surface area contributed by atoms with Crippen LogP contribution in [0, 0.1) is 13.8 Å². The zero-order valence-electron chi connectivity index (χ0n) is 12.6. The number of aromatic nitrogens is 3. The van der Waals surface area contributed by atoms with E-state index in [1.807, 2.05) is 38.1 Å². The minimum Gasteiger partial charge on any atom is -0.495 e. The number of carbonyl (C=O) groups excluding carboxylic acids is 1. The first-order chi connectivity index (χ1) is 10.6. The van der Waals surface area contributed by atoms with Crippen LogP contribution in [0.5, 0.6) is 5.75 Å². The molecule has 0 aliphatic rings. The van der Waals surface area contributed by atoms with Gasteiger partial charge in [0.2, 0.25) is 0 Å². The summed E-state index contributed by atoms with van der Waals surface area (Å²) in [5.74, 6) is 0.347. The number of hydrogen-bond acceptors (Lipinski definition) is 4. The Kier molecular flexibility index (Phi) is 3.50. The van der Waals surface area contributed by atoms with Crippen molar-refractivity contribution in [2.45, 2.75) is 13.8 Å². The minimum absolute atomic E-state index is 0.264. The van der Waals surface area contributed by atoms with Crippen molar-refractivity contribution in [3.8, 4) is 5.75 Å². The van der Waals surface area contributed by atoms with Gasteiger partial charge in [0.25, 0.3) is 5.91 Å². The predicted octanol–water partition coefficient (Wildman–Crippen LogP) is 2.61. The van der Waals surface area contributed by atoms with Crippen LogP contribution < -0.4 is 10.1 Å². The van der Waals surface area contributed by atoms with E-state index in [4.69, 9.17) is 4.74 Å². The van der Waals surface area contributed by atoms with Crippen LogP contribution in [0.1, 0.15) is 21.7 Å². The van der Waals surface area contributed by atoms with Gasteiger partial charge in [-0.15, -0.1) is 0 Å². The summed E-state index contributed by atoms with van der Waals surface area (Å²) in [6.45, 7) is 3.82. The second kappa shape index (κ2) is 5.48. The second-order valence-electron chi connectivity index (χ2n) is 5.04. The van der Waals surface area contributed by atoms with Crippen molar-refractivity contribution in [3.63, 3.8) is 0 Å². The molecule has 3 aromatic rings. The number of hydrogen-bond donors (Lipinski definition) is 1. The zero-order chi connectivity index (χ0) is 15.7. The maximum absolute atomic E-state index is 12.6. The third kappa shape index (κ3) is 2.50. The van der Waals surface area contributed by atoms with Crippen LogP contribution in [0.15, 0.2) is 36.5 Å². The van der Waals surface area contributed by atoms with Crippen LogP contribution in [-0.4, -0.2) is 27.6 Å². The van der Waals surface area contributed by atoms with Crippen molar-refractivity contribution in [1.82, 2.24) is 14.6 Å². The Balaban J connectivity index is 1.99. The summed E-state index contributed by atoms with van der Waals surface area (Å²) in [5, 5.41) is 7.17. The summed E-state index contributed by atoms with van der Waals surface area (Å²) in [4.78, 5) is 16.8. The highest BCUT2D eigenvalue weighted by atomic mass is 16.5. The lowest BCUT2D eigenvalue weighted by Gasteiger charge is -2.11. The van der Waals surface area contributed by atoms with Gasteiger partial charge in [-0.1, -0.05) is 6.07 Å². The molecule has 0 unspecified atom stereocenters. The molecule has 0 bridgehead atoms. The summed E-state index contributed by atoms with van der Waals surface area (Å²) in [7, 11) is 1.57. The second-order valence-corrected chi connectivity index (χ2v) is 5.04. The van der Waals surface area contributed by atoms with Gasteiger partial charge < -0.3 is 10.1 Å². The normalized spacial score (nSPS) is 10.7. The fourth-order valence-corrected chi connectivity index (χ4v) is 2.29. The van der Waals surface area contributed by atoms with Gasteiger partial charge in [0.1, 0.15) is 11.4 Å². The van der Waals surface area contributed by atoms with Crippen molar-refractivity contribution < 1.29 is 9.53 Å². The van der Waals surface area contributed by atoms with Crippen LogP contribution in [0.25, 0.3) is 5.65 Å². The van der Waals surface area contributed by atoms with Gasteiger partial charge in [0.05, 0.1) is 18.5 Å². The van der Waals surface area contributed by atoms with E-state index in [-0.39, 0.29) is 5.91 Å². The predicted molar refractivity (Wildman–Crippen MR) is 83.4 cm³/mol. The first-order valence-electron chi connectivity index (χ1n) is 6.86. The number of fused-ring (bicyclic) bond motifs is 1. The van der Waals surface area contributed by atoms with Gasteiger partial charge in [-0.3, -0.25) is 4.79 Å². The molecule has 0 saturated carbocycles. The Morgan fingerprint density at radius 1 is 1.23 bits per heavy atom. The fraction of sp³-hybridized carbons (Fsp3) is 0.188. The number of ether oxygens (including phenoxy) is 1. The van der Waals surface area contributed by atoms with Gasteiger partial charge in [-0.2, -0.15) is 5.10 Å². The molecule has 0 spiro atoms. The highest BCUT2D eigenvalue weighted by molar-refractivity contribution is 6.04. The molecule has 22 heavy (non-hydrogen) atoms. The van der Waals surface area contributed by atoms with Gasteiger partial charge in [0, 0.05) is 12.3 Å². The lowest BCUT2D eigenvalue weighted by molar-refractivity contribution is 0.101. The molecule has 0 fully saturated rings. The molecule has 112 valence electrons. The summed E-state index contributed by atoms with van der Waals surface area (Å²) in [6.07, 6.45) is 1.60. The molecule has 0 aliphatic heterocycles. The van der Waals surface area contributed by atoms with E-state index in [1.54, 1.807) is 19.4 Å². The quantitative estimate of drug-likeness (QED) is 0.806. The van der Waals surface area contributed by atoms with E-state index in [0.717, 1.165) is 11.3 Å². The maximum atomic E-state index is 12.6. The first-order valence-corrected chi connectivity index (χ1v) is 6.86. The molecule has 0 radical (unpaired) electrons. The van der Waals surface area contributed by atoms with Crippen LogP contribution in [0.3, 0.4) is 0 Å². The molecule has 2 aromatic heterocycles. The van der Waals surface area contributed by atoms with Crippen molar-refractivity contribution in [2.75, 3.05) is 12.4 Å². The molecule has 0 atom stereocenters. The highest BCUT2D eigenvalue weighted by Gasteiger charge is 2.14. The number of amides is 1. The molecular weight excluding hydrogens is 280 g/mol. The largest absolute Gasteiger partial charge is 0.495 e. The number of aryl methyl sites for hydroxylation is 2. The molecule has 0 aliphatic carbocycles. The van der Waals surface area contributed by atoms with Gasteiger partial charge in [-0.05, 0) is 37.6 Å². The average molecular weight is 296 g/mol. The Labute approximate surface area is 127 Å². The zero-order valence-corrected chi connectivity index (χ0v) is 12.6. The van der Waals surface area contributed by atoms with E-state index in [1.165, 1.54) is 4.52 Å². The fourth-order valence-electron chi connectivity index (χ4n) is 2.29.